The van der Waals surface area contributed by atoms with Crippen LogP contribution in [0.1, 0.15) is 37.4 Å². The molecule has 0 aromatic heterocycles. The van der Waals surface area contributed by atoms with Gasteiger partial charge in [0.15, 0.2) is 0 Å². The zero-order valence-corrected chi connectivity index (χ0v) is 10.9. The lowest BCUT2D eigenvalue weighted by Crippen LogP contribution is -2.29. The maximum atomic E-state index is 11.7. The summed E-state index contributed by atoms with van der Waals surface area (Å²) in [4.78, 5) is 11.7. The molecule has 0 aliphatic carbocycles. The highest BCUT2D eigenvalue weighted by Gasteiger charge is 2.11. The molecule has 3 heteroatoms. The Morgan fingerprint density at radius 1 is 1.29 bits per heavy atom. The quantitative estimate of drug-likeness (QED) is 0.820. The van der Waals surface area contributed by atoms with Crippen molar-refractivity contribution < 1.29 is 4.79 Å². The van der Waals surface area contributed by atoms with E-state index in [0.29, 0.717) is 13.0 Å². The first-order chi connectivity index (χ1) is 8.02. The number of nitrogens with two attached hydrogens (primary N) is 1. The third kappa shape index (κ3) is 4.57. The van der Waals surface area contributed by atoms with Gasteiger partial charge in [0.1, 0.15) is 0 Å². The van der Waals surface area contributed by atoms with Crippen molar-refractivity contribution in [1.82, 2.24) is 5.32 Å². The van der Waals surface area contributed by atoms with Crippen LogP contribution in [-0.4, -0.2) is 12.5 Å². The Balaban J connectivity index is 2.51. The smallest absolute Gasteiger partial charge is 0.220 e. The number of hydrogen-bond donors (Lipinski definition) is 2. The number of nitrogens with one attached hydrogen (secondary N) is 1. The molecule has 1 rings (SSSR count). The van der Waals surface area contributed by atoms with Gasteiger partial charge < -0.3 is 11.1 Å². The summed E-state index contributed by atoms with van der Waals surface area (Å²) in [5.41, 5.74) is 7.85. The molecule has 0 heterocycles. The standard InChI is InChI=1S/C14H22N2O/c1-10-4-6-13(7-5-10)12(3)16-14(17)8-11(2)9-15/h4-7,11-12H,8-9,15H2,1-3H3,(H,16,17)/t11?,12-/m0/s1. The number of carbonyl (C=O) groups excluding carboxylic acids is 1. The van der Waals surface area contributed by atoms with Gasteiger partial charge >= 0.3 is 0 Å². The molecule has 1 aromatic carbocycles. The van der Waals surface area contributed by atoms with E-state index in [1.165, 1.54) is 5.56 Å². The number of rotatable bonds is 5. The third-order valence-corrected chi connectivity index (χ3v) is 2.89. The summed E-state index contributed by atoms with van der Waals surface area (Å²) >= 11 is 0. The number of hydrogen-bond acceptors (Lipinski definition) is 2. The molecule has 0 fully saturated rings. The van der Waals surface area contributed by atoms with Crippen LogP contribution in [0.2, 0.25) is 0 Å². The molecule has 0 aliphatic heterocycles. The molecule has 2 atom stereocenters. The maximum absolute atomic E-state index is 11.7. The van der Waals surface area contributed by atoms with Crippen LogP contribution in [0.15, 0.2) is 24.3 Å². The van der Waals surface area contributed by atoms with Gasteiger partial charge in [-0.1, -0.05) is 36.8 Å². The molecule has 0 bridgehead atoms. The van der Waals surface area contributed by atoms with E-state index < -0.39 is 0 Å². The number of carbonyl (C=O) groups is 1. The van der Waals surface area contributed by atoms with Gasteiger partial charge in [0, 0.05) is 6.42 Å². The first kappa shape index (κ1) is 13.7. The minimum atomic E-state index is 0.0491. The van der Waals surface area contributed by atoms with Crippen molar-refractivity contribution >= 4 is 5.91 Å². The molecule has 17 heavy (non-hydrogen) atoms. The second kappa shape index (κ2) is 6.40. The molecular formula is C14H22N2O. The van der Waals surface area contributed by atoms with E-state index in [1.54, 1.807) is 0 Å². The van der Waals surface area contributed by atoms with Gasteiger partial charge in [0.2, 0.25) is 5.91 Å². The fourth-order valence-corrected chi connectivity index (χ4v) is 1.64. The SMILES string of the molecule is Cc1ccc([C@H](C)NC(=O)CC(C)CN)cc1. The summed E-state index contributed by atoms with van der Waals surface area (Å²) in [5.74, 6) is 0.302. The summed E-state index contributed by atoms with van der Waals surface area (Å²) in [6.45, 7) is 6.58. The summed E-state index contributed by atoms with van der Waals surface area (Å²) in [7, 11) is 0. The zero-order chi connectivity index (χ0) is 12.8. The van der Waals surface area contributed by atoms with Crippen molar-refractivity contribution in [3.63, 3.8) is 0 Å². The van der Waals surface area contributed by atoms with Crippen molar-refractivity contribution in [2.75, 3.05) is 6.54 Å². The topological polar surface area (TPSA) is 55.1 Å². The Kier molecular flexibility index (Phi) is 5.16. The van der Waals surface area contributed by atoms with Gasteiger partial charge in [-0.2, -0.15) is 0 Å². The molecule has 0 spiro atoms. The van der Waals surface area contributed by atoms with E-state index in [9.17, 15) is 4.79 Å². The molecule has 3 N–H and O–H groups in total. The van der Waals surface area contributed by atoms with Gasteiger partial charge in [0.25, 0.3) is 0 Å². The molecule has 0 saturated heterocycles. The lowest BCUT2D eigenvalue weighted by atomic mass is 10.0. The Morgan fingerprint density at radius 2 is 1.88 bits per heavy atom. The molecule has 1 unspecified atom stereocenters. The Bertz CT molecular complexity index is 359. The van der Waals surface area contributed by atoms with Crippen molar-refractivity contribution in [3.05, 3.63) is 35.4 Å². The molecule has 3 nitrogen and oxygen atoms in total. The predicted molar refractivity (Wildman–Crippen MR) is 70.6 cm³/mol. The Morgan fingerprint density at radius 3 is 2.41 bits per heavy atom. The monoisotopic (exact) mass is 234 g/mol. The molecule has 94 valence electrons. The zero-order valence-electron chi connectivity index (χ0n) is 10.9. The predicted octanol–water partition coefficient (Wildman–Crippen LogP) is 2.16. The van der Waals surface area contributed by atoms with Gasteiger partial charge in [-0.05, 0) is 31.9 Å². The molecular weight excluding hydrogens is 212 g/mol. The summed E-state index contributed by atoms with van der Waals surface area (Å²) in [6.07, 6.45) is 0.493. The van der Waals surface area contributed by atoms with Crippen molar-refractivity contribution in [2.24, 2.45) is 11.7 Å². The third-order valence-electron chi connectivity index (χ3n) is 2.89. The normalized spacial score (nSPS) is 14.1. The van der Waals surface area contributed by atoms with Crippen molar-refractivity contribution in [3.8, 4) is 0 Å². The average molecular weight is 234 g/mol. The second-order valence-corrected chi connectivity index (χ2v) is 4.74. The molecule has 0 aliphatic rings. The largest absolute Gasteiger partial charge is 0.350 e. The number of aryl methyl sites for hydroxylation is 1. The van der Waals surface area contributed by atoms with E-state index in [1.807, 2.05) is 26.0 Å². The van der Waals surface area contributed by atoms with Gasteiger partial charge in [-0.3, -0.25) is 4.79 Å². The van der Waals surface area contributed by atoms with E-state index in [-0.39, 0.29) is 17.9 Å². The highest BCUT2D eigenvalue weighted by atomic mass is 16.1. The number of amides is 1. The van der Waals surface area contributed by atoms with Crippen LogP contribution in [0.3, 0.4) is 0 Å². The van der Waals surface area contributed by atoms with Crippen LogP contribution in [0, 0.1) is 12.8 Å². The molecule has 1 aromatic rings. The van der Waals surface area contributed by atoms with Crippen molar-refractivity contribution in [2.45, 2.75) is 33.2 Å². The fraction of sp³-hybridized carbons (Fsp3) is 0.500. The lowest BCUT2D eigenvalue weighted by Gasteiger charge is -2.16. The number of benzene rings is 1. The molecule has 0 saturated carbocycles. The highest BCUT2D eigenvalue weighted by Crippen LogP contribution is 2.13. The lowest BCUT2D eigenvalue weighted by molar-refractivity contribution is -0.122. The van der Waals surface area contributed by atoms with Crippen LogP contribution in [0.5, 0.6) is 0 Å². The van der Waals surface area contributed by atoms with Crippen LogP contribution < -0.4 is 11.1 Å². The summed E-state index contributed by atoms with van der Waals surface area (Å²) in [6, 6.07) is 8.26. The first-order valence-electron chi connectivity index (χ1n) is 6.09. The van der Waals surface area contributed by atoms with Gasteiger partial charge in [-0.25, -0.2) is 0 Å². The second-order valence-electron chi connectivity index (χ2n) is 4.74. The maximum Gasteiger partial charge on any atom is 0.220 e. The Hall–Kier alpha value is -1.35. The average Bonchev–Trinajstić information content (AvgIpc) is 2.29. The van der Waals surface area contributed by atoms with E-state index in [4.69, 9.17) is 5.73 Å². The van der Waals surface area contributed by atoms with Crippen LogP contribution in [-0.2, 0) is 4.79 Å². The molecule has 0 radical (unpaired) electrons. The van der Waals surface area contributed by atoms with Crippen LogP contribution in [0.25, 0.3) is 0 Å². The minimum absolute atomic E-state index is 0.0491. The van der Waals surface area contributed by atoms with Gasteiger partial charge in [0.05, 0.1) is 6.04 Å². The van der Waals surface area contributed by atoms with E-state index >= 15 is 0 Å². The minimum Gasteiger partial charge on any atom is -0.350 e. The van der Waals surface area contributed by atoms with Gasteiger partial charge in [-0.15, -0.1) is 0 Å². The Labute approximate surface area is 103 Å². The fourth-order valence-electron chi connectivity index (χ4n) is 1.64. The first-order valence-corrected chi connectivity index (χ1v) is 6.09. The van der Waals surface area contributed by atoms with Crippen LogP contribution >= 0.6 is 0 Å². The van der Waals surface area contributed by atoms with E-state index in [2.05, 4.69) is 24.4 Å². The van der Waals surface area contributed by atoms with Crippen LogP contribution in [0.4, 0.5) is 0 Å². The summed E-state index contributed by atoms with van der Waals surface area (Å²) in [5, 5.41) is 2.99. The van der Waals surface area contributed by atoms with Crippen molar-refractivity contribution in [1.29, 1.82) is 0 Å². The summed E-state index contributed by atoms with van der Waals surface area (Å²) < 4.78 is 0. The highest BCUT2D eigenvalue weighted by molar-refractivity contribution is 5.76. The molecule has 1 amide bonds. The van der Waals surface area contributed by atoms with E-state index in [0.717, 1.165) is 5.56 Å².